The monoisotopic (exact) mass is 456 g/mol. The van der Waals surface area contributed by atoms with E-state index in [1.807, 2.05) is 12.1 Å². The quantitative estimate of drug-likeness (QED) is 0.475. The van der Waals surface area contributed by atoms with Gasteiger partial charge in [0.15, 0.2) is 0 Å². The summed E-state index contributed by atoms with van der Waals surface area (Å²) in [6.45, 7) is 0.933. The number of alkyl halides is 3. The molecule has 0 unspecified atom stereocenters. The summed E-state index contributed by atoms with van der Waals surface area (Å²) in [5, 5.41) is 2.74. The first-order chi connectivity index (χ1) is 14.2. The molecule has 0 spiro atoms. The molecule has 0 bridgehead atoms. The molecule has 1 fully saturated rings. The van der Waals surface area contributed by atoms with Gasteiger partial charge in [0.2, 0.25) is 0 Å². The van der Waals surface area contributed by atoms with Crippen LogP contribution in [0.1, 0.15) is 30.1 Å². The van der Waals surface area contributed by atoms with Crippen molar-refractivity contribution in [1.29, 1.82) is 0 Å². The number of piperidine rings is 1. The highest BCUT2D eigenvalue weighted by Crippen LogP contribution is 2.36. The van der Waals surface area contributed by atoms with E-state index in [2.05, 4.69) is 15.3 Å². The van der Waals surface area contributed by atoms with Crippen molar-refractivity contribution >= 4 is 46.0 Å². The van der Waals surface area contributed by atoms with Crippen LogP contribution in [0.2, 0.25) is 10.0 Å². The first-order valence-corrected chi connectivity index (χ1v) is 10.0. The number of nitrogens with zero attached hydrogens (tertiary/aromatic N) is 2. The number of benzene rings is 2. The zero-order valence-corrected chi connectivity index (χ0v) is 17.1. The maximum absolute atomic E-state index is 13.0. The zero-order chi connectivity index (χ0) is 21.5. The first-order valence-electron chi connectivity index (χ1n) is 9.28. The Bertz CT molecular complexity index is 1090. The molecule has 2 amide bonds. The van der Waals surface area contributed by atoms with Crippen LogP contribution in [-0.2, 0) is 6.18 Å². The van der Waals surface area contributed by atoms with Gasteiger partial charge in [-0.05, 0) is 49.2 Å². The molecule has 1 aliphatic heterocycles. The Labute approximate surface area is 180 Å². The van der Waals surface area contributed by atoms with Gasteiger partial charge in [0, 0.05) is 29.7 Å². The summed E-state index contributed by atoms with van der Waals surface area (Å²) in [5.74, 6) is 1.01. The Morgan fingerprint density at radius 2 is 1.87 bits per heavy atom. The van der Waals surface area contributed by atoms with Crippen LogP contribution in [0.4, 0.5) is 23.7 Å². The molecular formula is C20H17Cl2F3N4O. The number of halogens is 5. The standard InChI is InChI=1S/C20H17Cl2F3N4O/c21-12-1-4-16-17(9-12)28-18(27-16)11-5-7-29(8-6-11)19(30)26-13-2-3-15(22)14(10-13)20(23,24)25/h1-4,9-11H,5-8H2,(H,26,30)(H,27,28). The summed E-state index contributed by atoms with van der Waals surface area (Å²) in [6.07, 6.45) is -3.21. The molecule has 3 aromatic rings. The maximum atomic E-state index is 13.0. The number of rotatable bonds is 2. The number of H-pyrrole nitrogens is 1. The third-order valence-electron chi connectivity index (χ3n) is 5.15. The van der Waals surface area contributed by atoms with Crippen molar-refractivity contribution in [3.05, 3.63) is 57.8 Å². The molecule has 158 valence electrons. The lowest BCUT2D eigenvalue weighted by atomic mass is 9.96. The molecular weight excluding hydrogens is 440 g/mol. The van der Waals surface area contributed by atoms with Gasteiger partial charge in [-0.25, -0.2) is 9.78 Å². The number of likely N-dealkylation sites (tertiary alicyclic amines) is 1. The lowest BCUT2D eigenvalue weighted by Gasteiger charge is -2.31. The lowest BCUT2D eigenvalue weighted by molar-refractivity contribution is -0.137. The second kappa shape index (κ2) is 8.00. The molecule has 1 aromatic heterocycles. The number of carbonyl (C=O) groups is 1. The van der Waals surface area contributed by atoms with Crippen LogP contribution in [0.15, 0.2) is 36.4 Å². The van der Waals surface area contributed by atoms with Gasteiger partial charge in [0.05, 0.1) is 21.6 Å². The van der Waals surface area contributed by atoms with Crippen molar-refractivity contribution in [1.82, 2.24) is 14.9 Å². The van der Waals surface area contributed by atoms with E-state index in [4.69, 9.17) is 23.2 Å². The first kappa shape index (κ1) is 20.8. The van der Waals surface area contributed by atoms with Crippen molar-refractivity contribution in [2.24, 2.45) is 0 Å². The van der Waals surface area contributed by atoms with Gasteiger partial charge in [0.1, 0.15) is 5.82 Å². The van der Waals surface area contributed by atoms with Gasteiger partial charge in [0.25, 0.3) is 0 Å². The van der Waals surface area contributed by atoms with Gasteiger partial charge >= 0.3 is 12.2 Å². The fourth-order valence-electron chi connectivity index (χ4n) is 3.57. The summed E-state index contributed by atoms with van der Waals surface area (Å²) >= 11 is 11.6. The number of anilines is 1. The van der Waals surface area contributed by atoms with Crippen molar-refractivity contribution in [2.75, 3.05) is 18.4 Å². The Balaban J connectivity index is 1.39. The fraction of sp³-hybridized carbons (Fsp3) is 0.300. The minimum absolute atomic E-state index is 0.0491. The van der Waals surface area contributed by atoms with Gasteiger partial charge in [-0.1, -0.05) is 23.2 Å². The number of hydrogen-bond acceptors (Lipinski definition) is 2. The highest BCUT2D eigenvalue weighted by molar-refractivity contribution is 6.31. The average molecular weight is 457 g/mol. The van der Waals surface area contributed by atoms with Crippen LogP contribution in [0.5, 0.6) is 0 Å². The molecule has 0 radical (unpaired) electrons. The van der Waals surface area contributed by atoms with Crippen LogP contribution in [0.25, 0.3) is 11.0 Å². The number of amides is 2. The third-order valence-corrected chi connectivity index (χ3v) is 5.72. The summed E-state index contributed by atoms with van der Waals surface area (Å²) in [5.41, 5.74) is 0.761. The van der Waals surface area contributed by atoms with Crippen LogP contribution >= 0.6 is 23.2 Å². The second-order valence-corrected chi connectivity index (χ2v) is 8.01. The highest BCUT2D eigenvalue weighted by atomic mass is 35.5. The summed E-state index contributed by atoms with van der Waals surface area (Å²) < 4.78 is 39.0. The number of nitrogens with one attached hydrogen (secondary N) is 2. The minimum Gasteiger partial charge on any atom is -0.342 e. The predicted octanol–water partition coefficient (Wildman–Crippen LogP) is 6.30. The summed E-state index contributed by atoms with van der Waals surface area (Å²) in [7, 11) is 0. The molecule has 30 heavy (non-hydrogen) atoms. The Hall–Kier alpha value is -2.45. The number of imidazole rings is 1. The van der Waals surface area contributed by atoms with E-state index in [0.29, 0.717) is 31.0 Å². The maximum Gasteiger partial charge on any atom is 0.417 e. The number of carbonyl (C=O) groups excluding carboxylic acids is 1. The molecule has 1 saturated heterocycles. The Morgan fingerprint density at radius 3 is 2.57 bits per heavy atom. The normalized spacial score (nSPS) is 15.6. The lowest BCUT2D eigenvalue weighted by Crippen LogP contribution is -2.40. The van der Waals surface area contributed by atoms with Gasteiger partial charge < -0.3 is 15.2 Å². The topological polar surface area (TPSA) is 61.0 Å². The van der Waals surface area contributed by atoms with E-state index in [9.17, 15) is 18.0 Å². The number of hydrogen-bond donors (Lipinski definition) is 2. The Morgan fingerprint density at radius 1 is 1.13 bits per heavy atom. The third kappa shape index (κ3) is 4.34. The molecule has 10 heteroatoms. The van der Waals surface area contributed by atoms with E-state index < -0.39 is 22.8 Å². The van der Waals surface area contributed by atoms with Gasteiger partial charge in [-0.2, -0.15) is 13.2 Å². The van der Waals surface area contributed by atoms with Crippen LogP contribution in [0.3, 0.4) is 0 Å². The van der Waals surface area contributed by atoms with Crippen molar-refractivity contribution in [3.8, 4) is 0 Å². The predicted molar refractivity (Wildman–Crippen MR) is 110 cm³/mol. The van der Waals surface area contributed by atoms with E-state index in [-0.39, 0.29) is 11.6 Å². The van der Waals surface area contributed by atoms with E-state index in [1.165, 1.54) is 6.07 Å². The number of aromatic nitrogens is 2. The van der Waals surface area contributed by atoms with Crippen LogP contribution < -0.4 is 5.32 Å². The van der Waals surface area contributed by atoms with Gasteiger partial charge in [-0.3, -0.25) is 0 Å². The SMILES string of the molecule is O=C(Nc1ccc(Cl)c(C(F)(F)F)c1)N1CCC(c2nc3ccc(Cl)cc3[nH]2)CC1. The molecule has 2 N–H and O–H groups in total. The number of urea groups is 1. The van der Waals surface area contributed by atoms with Crippen molar-refractivity contribution < 1.29 is 18.0 Å². The summed E-state index contributed by atoms with van der Waals surface area (Å²) in [4.78, 5) is 22.0. The smallest absolute Gasteiger partial charge is 0.342 e. The molecule has 0 saturated carbocycles. The molecule has 1 aliphatic rings. The number of fused-ring (bicyclic) bond motifs is 1. The second-order valence-electron chi connectivity index (χ2n) is 7.17. The highest BCUT2D eigenvalue weighted by Gasteiger charge is 2.33. The zero-order valence-electron chi connectivity index (χ0n) is 15.6. The average Bonchev–Trinajstić information content (AvgIpc) is 3.12. The van der Waals surface area contributed by atoms with Gasteiger partial charge in [-0.15, -0.1) is 0 Å². The number of aromatic amines is 1. The molecule has 0 aliphatic carbocycles. The molecule has 2 heterocycles. The van der Waals surface area contributed by atoms with Crippen molar-refractivity contribution in [3.63, 3.8) is 0 Å². The molecule has 2 aromatic carbocycles. The molecule has 0 atom stereocenters. The summed E-state index contributed by atoms with van der Waals surface area (Å²) in [6, 6.07) is 8.32. The van der Waals surface area contributed by atoms with E-state index >= 15 is 0 Å². The molecule has 4 rings (SSSR count). The minimum atomic E-state index is -4.59. The van der Waals surface area contributed by atoms with Crippen molar-refractivity contribution in [2.45, 2.75) is 24.9 Å². The fourth-order valence-corrected chi connectivity index (χ4v) is 3.97. The van der Waals surface area contributed by atoms with Crippen LogP contribution in [-0.4, -0.2) is 34.0 Å². The van der Waals surface area contributed by atoms with E-state index in [1.54, 1.807) is 11.0 Å². The van der Waals surface area contributed by atoms with Crippen LogP contribution in [0, 0.1) is 0 Å². The largest absolute Gasteiger partial charge is 0.417 e. The molecule has 5 nitrogen and oxygen atoms in total. The van der Waals surface area contributed by atoms with E-state index in [0.717, 1.165) is 29.0 Å². The Kier molecular flexibility index (Phi) is 5.55.